The smallest absolute Gasteiger partial charge is 0.162 e. The van der Waals surface area contributed by atoms with Gasteiger partial charge in [-0.15, -0.1) is 0 Å². The molecule has 0 saturated carbocycles. The first kappa shape index (κ1) is 11.3. The van der Waals surface area contributed by atoms with Gasteiger partial charge in [0.05, 0.1) is 0 Å². The van der Waals surface area contributed by atoms with Crippen LogP contribution in [0, 0.1) is 0 Å². The highest BCUT2D eigenvalue weighted by Crippen LogP contribution is 2.19. The zero-order valence-corrected chi connectivity index (χ0v) is 9.40. The van der Waals surface area contributed by atoms with Gasteiger partial charge in [-0.25, -0.2) is 0 Å². The maximum Gasteiger partial charge on any atom is 0.162 e. The van der Waals surface area contributed by atoms with Gasteiger partial charge in [0.2, 0.25) is 0 Å². The first-order valence-electron chi connectivity index (χ1n) is 5.00. The van der Waals surface area contributed by atoms with Crippen LogP contribution in [-0.4, -0.2) is 5.78 Å². The van der Waals surface area contributed by atoms with Crippen LogP contribution in [0.5, 0.6) is 0 Å². The van der Waals surface area contributed by atoms with Crippen molar-refractivity contribution < 1.29 is 4.79 Å². The molecular formula is C12H15ClO. The number of hydrogen-bond donors (Lipinski definition) is 0. The Hall–Kier alpha value is -0.820. The van der Waals surface area contributed by atoms with Crippen LogP contribution in [0.1, 0.15) is 42.6 Å². The molecule has 0 aliphatic rings. The summed E-state index contributed by atoms with van der Waals surface area (Å²) in [7, 11) is 0. The molecule has 0 aromatic heterocycles. The van der Waals surface area contributed by atoms with Crippen LogP contribution in [0.25, 0.3) is 0 Å². The highest BCUT2D eigenvalue weighted by atomic mass is 35.5. The summed E-state index contributed by atoms with van der Waals surface area (Å²) in [6.07, 6.45) is 2.37. The fourth-order valence-corrected chi connectivity index (χ4v) is 1.64. The van der Waals surface area contributed by atoms with E-state index in [1.54, 1.807) is 6.07 Å². The molecule has 0 N–H and O–H groups in total. The molecule has 14 heavy (non-hydrogen) atoms. The lowest BCUT2D eigenvalue weighted by Gasteiger charge is -2.04. The molecule has 0 fully saturated rings. The summed E-state index contributed by atoms with van der Waals surface area (Å²) in [5, 5.41) is 0.751. The van der Waals surface area contributed by atoms with Crippen molar-refractivity contribution in [3.8, 4) is 0 Å². The van der Waals surface area contributed by atoms with E-state index in [4.69, 9.17) is 11.6 Å². The quantitative estimate of drug-likeness (QED) is 0.690. The molecule has 0 heterocycles. The van der Waals surface area contributed by atoms with Crippen LogP contribution >= 0.6 is 11.6 Å². The van der Waals surface area contributed by atoms with Crippen LogP contribution in [0.15, 0.2) is 18.2 Å². The molecular weight excluding hydrogens is 196 g/mol. The number of aryl methyl sites for hydroxylation is 1. The summed E-state index contributed by atoms with van der Waals surface area (Å²) >= 11 is 5.97. The zero-order chi connectivity index (χ0) is 10.6. The van der Waals surface area contributed by atoms with Crippen LogP contribution in [0.2, 0.25) is 5.02 Å². The third-order valence-corrected chi connectivity index (χ3v) is 2.59. The summed E-state index contributed by atoms with van der Waals surface area (Å²) in [6.45, 7) is 4.05. The first-order valence-corrected chi connectivity index (χ1v) is 5.38. The molecule has 0 amide bonds. The number of halogens is 1. The number of carbonyl (C=O) groups is 1. The topological polar surface area (TPSA) is 17.1 Å². The average Bonchev–Trinajstić information content (AvgIpc) is 2.19. The summed E-state index contributed by atoms with van der Waals surface area (Å²) in [4.78, 5) is 11.6. The standard InChI is InChI=1S/C12H15ClO/c1-3-5-12(14)10-6-7-11(13)9(4-2)8-10/h6-8H,3-5H2,1-2H3. The van der Waals surface area contributed by atoms with E-state index in [9.17, 15) is 4.79 Å². The third kappa shape index (κ3) is 2.58. The zero-order valence-electron chi connectivity index (χ0n) is 8.64. The highest BCUT2D eigenvalue weighted by molar-refractivity contribution is 6.31. The van der Waals surface area contributed by atoms with Crippen molar-refractivity contribution in [1.29, 1.82) is 0 Å². The highest BCUT2D eigenvalue weighted by Gasteiger charge is 2.06. The maximum absolute atomic E-state index is 11.6. The maximum atomic E-state index is 11.6. The van der Waals surface area contributed by atoms with Crippen molar-refractivity contribution in [2.75, 3.05) is 0 Å². The predicted molar refractivity (Wildman–Crippen MR) is 60.1 cm³/mol. The molecule has 0 aliphatic heterocycles. The van der Waals surface area contributed by atoms with E-state index < -0.39 is 0 Å². The molecule has 0 aliphatic carbocycles. The van der Waals surface area contributed by atoms with Gasteiger partial charge >= 0.3 is 0 Å². The summed E-state index contributed by atoms with van der Waals surface area (Å²) < 4.78 is 0. The number of hydrogen-bond acceptors (Lipinski definition) is 1. The second kappa shape index (κ2) is 5.16. The van der Waals surface area contributed by atoms with E-state index in [0.717, 1.165) is 29.0 Å². The van der Waals surface area contributed by atoms with Gasteiger partial charge in [0.25, 0.3) is 0 Å². The Kier molecular flexibility index (Phi) is 4.15. The molecule has 1 aromatic rings. The van der Waals surface area contributed by atoms with E-state index >= 15 is 0 Å². The van der Waals surface area contributed by atoms with Gasteiger partial charge in [0.1, 0.15) is 0 Å². The Morgan fingerprint density at radius 2 is 2.07 bits per heavy atom. The van der Waals surface area contributed by atoms with Gasteiger partial charge in [-0.3, -0.25) is 4.79 Å². The molecule has 2 heteroatoms. The van der Waals surface area contributed by atoms with Crippen molar-refractivity contribution >= 4 is 17.4 Å². The van der Waals surface area contributed by atoms with Crippen molar-refractivity contribution in [3.05, 3.63) is 34.3 Å². The van der Waals surface area contributed by atoms with E-state index in [2.05, 4.69) is 0 Å². The van der Waals surface area contributed by atoms with Gasteiger partial charge in [-0.2, -0.15) is 0 Å². The Balaban J connectivity index is 2.94. The molecule has 0 radical (unpaired) electrons. The minimum atomic E-state index is 0.207. The minimum absolute atomic E-state index is 0.207. The lowest BCUT2D eigenvalue weighted by molar-refractivity contribution is 0.0981. The molecule has 1 rings (SSSR count). The van der Waals surface area contributed by atoms with Gasteiger partial charge < -0.3 is 0 Å². The number of benzene rings is 1. The number of rotatable bonds is 4. The summed E-state index contributed by atoms with van der Waals surface area (Å²) in [5.41, 5.74) is 1.83. The predicted octanol–water partition coefficient (Wildman–Crippen LogP) is 3.89. The first-order chi connectivity index (χ1) is 6.69. The molecule has 0 atom stereocenters. The van der Waals surface area contributed by atoms with Gasteiger partial charge in [0, 0.05) is 17.0 Å². The number of Topliss-reactive ketones (excluding diaryl/α,β-unsaturated/α-hetero) is 1. The lowest BCUT2D eigenvalue weighted by atomic mass is 10.0. The number of carbonyl (C=O) groups excluding carboxylic acids is 1. The Morgan fingerprint density at radius 3 is 2.64 bits per heavy atom. The molecule has 0 saturated heterocycles. The molecule has 1 aromatic carbocycles. The van der Waals surface area contributed by atoms with Crippen LogP contribution in [0.4, 0.5) is 0 Å². The van der Waals surface area contributed by atoms with Crippen LogP contribution in [-0.2, 0) is 6.42 Å². The Morgan fingerprint density at radius 1 is 1.36 bits per heavy atom. The second-order valence-corrected chi connectivity index (χ2v) is 3.74. The fraction of sp³-hybridized carbons (Fsp3) is 0.417. The van der Waals surface area contributed by atoms with Crippen molar-refractivity contribution in [3.63, 3.8) is 0 Å². The Labute approximate surface area is 90.1 Å². The van der Waals surface area contributed by atoms with E-state index in [1.807, 2.05) is 26.0 Å². The summed E-state index contributed by atoms with van der Waals surface area (Å²) in [6, 6.07) is 5.52. The largest absolute Gasteiger partial charge is 0.294 e. The van der Waals surface area contributed by atoms with Crippen molar-refractivity contribution in [1.82, 2.24) is 0 Å². The monoisotopic (exact) mass is 210 g/mol. The third-order valence-electron chi connectivity index (χ3n) is 2.23. The average molecular weight is 211 g/mol. The molecule has 1 nitrogen and oxygen atoms in total. The van der Waals surface area contributed by atoms with Crippen molar-refractivity contribution in [2.45, 2.75) is 33.1 Å². The lowest BCUT2D eigenvalue weighted by Crippen LogP contribution is -1.99. The van der Waals surface area contributed by atoms with E-state index in [0.29, 0.717) is 6.42 Å². The van der Waals surface area contributed by atoms with Crippen molar-refractivity contribution in [2.24, 2.45) is 0 Å². The molecule has 0 unspecified atom stereocenters. The molecule has 0 bridgehead atoms. The summed E-state index contributed by atoms with van der Waals surface area (Å²) in [5.74, 6) is 0.207. The molecule has 76 valence electrons. The van der Waals surface area contributed by atoms with E-state index in [-0.39, 0.29) is 5.78 Å². The minimum Gasteiger partial charge on any atom is -0.294 e. The van der Waals surface area contributed by atoms with Crippen LogP contribution < -0.4 is 0 Å². The Bertz CT molecular complexity index is 331. The van der Waals surface area contributed by atoms with Gasteiger partial charge in [0.15, 0.2) is 5.78 Å². The van der Waals surface area contributed by atoms with E-state index in [1.165, 1.54) is 0 Å². The normalized spacial score (nSPS) is 10.2. The number of ketones is 1. The second-order valence-electron chi connectivity index (χ2n) is 3.33. The SMILES string of the molecule is CCCC(=O)c1ccc(Cl)c(CC)c1. The van der Waals surface area contributed by atoms with Crippen LogP contribution in [0.3, 0.4) is 0 Å². The van der Waals surface area contributed by atoms with Gasteiger partial charge in [-0.05, 0) is 36.6 Å². The fourth-order valence-electron chi connectivity index (χ4n) is 1.39. The van der Waals surface area contributed by atoms with Gasteiger partial charge in [-0.1, -0.05) is 25.4 Å². The molecule has 0 spiro atoms.